The van der Waals surface area contributed by atoms with Gasteiger partial charge in [-0.3, -0.25) is 4.79 Å². The van der Waals surface area contributed by atoms with Gasteiger partial charge < -0.3 is 9.15 Å². The molecule has 118 valence electrons. The van der Waals surface area contributed by atoms with Crippen molar-refractivity contribution in [3.8, 4) is 17.1 Å². The molecule has 0 N–H and O–H groups in total. The molecular weight excluding hydrogens is 300 g/mol. The maximum Gasteiger partial charge on any atom is 0.193 e. The zero-order valence-corrected chi connectivity index (χ0v) is 13.5. The van der Waals surface area contributed by atoms with Crippen molar-refractivity contribution in [2.24, 2.45) is 0 Å². The van der Waals surface area contributed by atoms with E-state index in [2.05, 4.69) is 0 Å². The van der Waals surface area contributed by atoms with E-state index in [4.69, 9.17) is 9.15 Å². The van der Waals surface area contributed by atoms with Crippen LogP contribution in [-0.2, 0) is 0 Å². The molecule has 3 heteroatoms. The summed E-state index contributed by atoms with van der Waals surface area (Å²) in [6.07, 6.45) is 0. The van der Waals surface area contributed by atoms with Crippen LogP contribution in [0.15, 0.2) is 69.9 Å². The van der Waals surface area contributed by atoms with Gasteiger partial charge in [-0.2, -0.15) is 0 Å². The van der Waals surface area contributed by atoms with Gasteiger partial charge >= 0.3 is 0 Å². The first kappa shape index (κ1) is 14.5. The second-order valence-corrected chi connectivity index (χ2v) is 5.84. The monoisotopic (exact) mass is 316 g/mol. The summed E-state index contributed by atoms with van der Waals surface area (Å²) in [7, 11) is 1.62. The van der Waals surface area contributed by atoms with Crippen molar-refractivity contribution in [2.75, 3.05) is 7.11 Å². The fourth-order valence-electron chi connectivity index (χ4n) is 3.07. The Morgan fingerprint density at radius 2 is 1.75 bits per heavy atom. The lowest BCUT2D eigenvalue weighted by Gasteiger charge is -2.12. The van der Waals surface area contributed by atoms with Gasteiger partial charge in [0.15, 0.2) is 5.43 Å². The van der Waals surface area contributed by atoms with Gasteiger partial charge in [0.2, 0.25) is 0 Å². The molecule has 0 aliphatic rings. The highest BCUT2D eigenvalue weighted by molar-refractivity contribution is 5.99. The SMILES string of the molecule is COc1ccc2ccccc2c1-c1cc(=O)c2cc(C)ccc2o1. The quantitative estimate of drug-likeness (QED) is 0.526. The third kappa shape index (κ3) is 2.26. The Hall–Kier alpha value is -3.07. The normalized spacial score (nSPS) is 11.1. The predicted octanol–water partition coefficient (Wildman–Crippen LogP) is 4.93. The molecule has 1 aromatic heterocycles. The molecule has 0 saturated heterocycles. The summed E-state index contributed by atoms with van der Waals surface area (Å²) in [5, 5.41) is 2.66. The minimum Gasteiger partial charge on any atom is -0.496 e. The van der Waals surface area contributed by atoms with Crippen LogP contribution in [0.1, 0.15) is 5.56 Å². The summed E-state index contributed by atoms with van der Waals surface area (Å²) >= 11 is 0. The summed E-state index contributed by atoms with van der Waals surface area (Å²) in [5.74, 6) is 1.20. The molecule has 3 aromatic carbocycles. The van der Waals surface area contributed by atoms with Gasteiger partial charge in [0.05, 0.1) is 18.1 Å². The Morgan fingerprint density at radius 3 is 2.58 bits per heavy atom. The molecule has 0 radical (unpaired) electrons. The maximum atomic E-state index is 12.6. The molecule has 0 unspecified atom stereocenters. The van der Waals surface area contributed by atoms with Gasteiger partial charge in [-0.05, 0) is 35.9 Å². The largest absolute Gasteiger partial charge is 0.496 e. The lowest BCUT2D eigenvalue weighted by Crippen LogP contribution is -2.01. The van der Waals surface area contributed by atoms with Crippen LogP contribution in [0.4, 0.5) is 0 Å². The lowest BCUT2D eigenvalue weighted by molar-refractivity contribution is 0.415. The van der Waals surface area contributed by atoms with Crippen LogP contribution >= 0.6 is 0 Å². The smallest absolute Gasteiger partial charge is 0.193 e. The predicted molar refractivity (Wildman–Crippen MR) is 96.7 cm³/mol. The fraction of sp³-hybridized carbons (Fsp3) is 0.0952. The average Bonchev–Trinajstić information content (AvgIpc) is 2.61. The summed E-state index contributed by atoms with van der Waals surface area (Å²) in [4.78, 5) is 12.6. The molecule has 0 saturated carbocycles. The number of ether oxygens (including phenoxy) is 1. The van der Waals surface area contributed by atoms with E-state index < -0.39 is 0 Å². The van der Waals surface area contributed by atoms with Gasteiger partial charge in [0.25, 0.3) is 0 Å². The number of aryl methyl sites for hydroxylation is 1. The third-order valence-electron chi connectivity index (χ3n) is 4.24. The molecule has 0 aliphatic heterocycles. The first-order valence-corrected chi connectivity index (χ1v) is 7.78. The van der Waals surface area contributed by atoms with E-state index in [1.807, 2.05) is 61.5 Å². The minimum absolute atomic E-state index is 0.0510. The molecule has 0 fully saturated rings. The molecule has 0 bridgehead atoms. The topological polar surface area (TPSA) is 39.4 Å². The molecular formula is C21H16O3. The van der Waals surface area contributed by atoms with Gasteiger partial charge in [0, 0.05) is 6.07 Å². The Bertz CT molecular complexity index is 1120. The molecule has 0 amide bonds. The summed E-state index contributed by atoms with van der Waals surface area (Å²) < 4.78 is 11.6. The van der Waals surface area contributed by atoms with Crippen LogP contribution < -0.4 is 10.2 Å². The Morgan fingerprint density at radius 1 is 0.917 bits per heavy atom. The van der Waals surface area contributed by atoms with E-state index in [0.29, 0.717) is 22.5 Å². The average molecular weight is 316 g/mol. The lowest BCUT2D eigenvalue weighted by atomic mass is 10.0. The highest BCUT2D eigenvalue weighted by atomic mass is 16.5. The van der Waals surface area contributed by atoms with Crippen LogP contribution in [0, 0.1) is 6.92 Å². The fourth-order valence-corrected chi connectivity index (χ4v) is 3.07. The summed E-state index contributed by atoms with van der Waals surface area (Å²) in [5.41, 5.74) is 2.36. The highest BCUT2D eigenvalue weighted by Crippen LogP contribution is 2.37. The van der Waals surface area contributed by atoms with Crippen LogP contribution in [0.5, 0.6) is 5.75 Å². The second kappa shape index (κ2) is 5.53. The molecule has 1 heterocycles. The molecule has 3 nitrogen and oxygen atoms in total. The first-order chi connectivity index (χ1) is 11.7. The highest BCUT2D eigenvalue weighted by Gasteiger charge is 2.15. The van der Waals surface area contributed by atoms with Crippen LogP contribution in [0.3, 0.4) is 0 Å². The zero-order valence-electron chi connectivity index (χ0n) is 13.5. The molecule has 4 rings (SSSR count). The van der Waals surface area contributed by atoms with Crippen molar-refractivity contribution in [2.45, 2.75) is 6.92 Å². The van der Waals surface area contributed by atoms with E-state index in [-0.39, 0.29) is 5.43 Å². The number of methoxy groups -OCH3 is 1. The van der Waals surface area contributed by atoms with E-state index in [0.717, 1.165) is 21.9 Å². The second-order valence-electron chi connectivity index (χ2n) is 5.84. The minimum atomic E-state index is -0.0510. The van der Waals surface area contributed by atoms with E-state index in [1.165, 1.54) is 0 Å². The van der Waals surface area contributed by atoms with Crippen molar-refractivity contribution < 1.29 is 9.15 Å². The van der Waals surface area contributed by atoms with E-state index >= 15 is 0 Å². The zero-order chi connectivity index (χ0) is 16.7. The Labute approximate surface area is 139 Å². The van der Waals surface area contributed by atoms with E-state index in [1.54, 1.807) is 13.2 Å². The van der Waals surface area contributed by atoms with E-state index in [9.17, 15) is 4.79 Å². The van der Waals surface area contributed by atoms with Gasteiger partial charge in [-0.15, -0.1) is 0 Å². The van der Waals surface area contributed by atoms with Gasteiger partial charge in [-0.25, -0.2) is 0 Å². The molecule has 24 heavy (non-hydrogen) atoms. The van der Waals surface area contributed by atoms with Gasteiger partial charge in [-0.1, -0.05) is 42.0 Å². The molecule has 0 spiro atoms. The summed E-state index contributed by atoms with van der Waals surface area (Å²) in [6, 6.07) is 19.1. The number of benzene rings is 3. The van der Waals surface area contributed by atoms with Crippen molar-refractivity contribution in [1.82, 2.24) is 0 Å². The number of hydrogen-bond donors (Lipinski definition) is 0. The first-order valence-electron chi connectivity index (χ1n) is 7.78. The van der Waals surface area contributed by atoms with Crippen molar-refractivity contribution >= 4 is 21.7 Å². The maximum absolute atomic E-state index is 12.6. The Kier molecular flexibility index (Phi) is 3.35. The number of hydrogen-bond acceptors (Lipinski definition) is 3. The molecule has 0 aliphatic carbocycles. The summed E-state index contributed by atoms with van der Waals surface area (Å²) in [6.45, 7) is 1.96. The van der Waals surface area contributed by atoms with Crippen molar-refractivity contribution in [3.05, 3.63) is 76.5 Å². The van der Waals surface area contributed by atoms with Crippen LogP contribution in [-0.4, -0.2) is 7.11 Å². The van der Waals surface area contributed by atoms with Crippen LogP contribution in [0.25, 0.3) is 33.1 Å². The Balaban J connectivity index is 2.09. The molecule has 0 atom stereocenters. The number of fused-ring (bicyclic) bond motifs is 2. The standard InChI is InChI=1S/C21H16O3/c1-13-7-9-18-16(11-13)17(22)12-20(24-18)21-15-6-4-3-5-14(15)8-10-19(21)23-2/h3-12H,1-2H3. The number of rotatable bonds is 2. The van der Waals surface area contributed by atoms with Crippen molar-refractivity contribution in [3.63, 3.8) is 0 Å². The van der Waals surface area contributed by atoms with Gasteiger partial charge in [0.1, 0.15) is 17.1 Å². The van der Waals surface area contributed by atoms with Crippen LogP contribution in [0.2, 0.25) is 0 Å². The van der Waals surface area contributed by atoms with Crippen molar-refractivity contribution in [1.29, 1.82) is 0 Å². The third-order valence-corrected chi connectivity index (χ3v) is 4.24. The molecule has 4 aromatic rings.